The van der Waals surface area contributed by atoms with Gasteiger partial charge in [0.1, 0.15) is 11.3 Å². The van der Waals surface area contributed by atoms with E-state index in [1.165, 1.54) is 6.08 Å². The molecule has 0 aliphatic carbocycles. The first-order valence-electron chi connectivity index (χ1n) is 7.21. The van der Waals surface area contributed by atoms with Gasteiger partial charge in [0.05, 0.1) is 0 Å². The minimum absolute atomic E-state index is 0.138. The Morgan fingerprint density at radius 3 is 2.77 bits per heavy atom. The van der Waals surface area contributed by atoms with Crippen molar-refractivity contribution in [2.45, 2.75) is 13.5 Å². The van der Waals surface area contributed by atoms with Gasteiger partial charge in [0, 0.05) is 18.0 Å². The standard InChI is InChI=1S/C19H17NO2/c1-14-7-8-16-12-17(22-18(16)11-14)9-10-19(21)20-13-15-5-3-2-4-6-15/h2-12H,13H2,1H3,(H,20,21)/b10-9+. The van der Waals surface area contributed by atoms with E-state index in [1.807, 2.05) is 61.5 Å². The van der Waals surface area contributed by atoms with E-state index in [0.717, 1.165) is 22.1 Å². The minimum atomic E-state index is -0.138. The van der Waals surface area contributed by atoms with Gasteiger partial charge in [0.2, 0.25) is 5.91 Å². The number of furan rings is 1. The lowest BCUT2D eigenvalue weighted by Gasteiger charge is -2.01. The molecule has 1 N–H and O–H groups in total. The van der Waals surface area contributed by atoms with Crippen LogP contribution in [0.15, 0.2) is 65.1 Å². The molecule has 3 nitrogen and oxygen atoms in total. The van der Waals surface area contributed by atoms with E-state index in [0.29, 0.717) is 12.3 Å². The molecule has 3 heteroatoms. The Labute approximate surface area is 129 Å². The molecule has 0 fully saturated rings. The number of carbonyl (C=O) groups is 1. The average Bonchev–Trinajstić information content (AvgIpc) is 2.94. The molecule has 3 aromatic rings. The van der Waals surface area contributed by atoms with E-state index < -0.39 is 0 Å². The largest absolute Gasteiger partial charge is 0.457 e. The van der Waals surface area contributed by atoms with Crippen molar-refractivity contribution < 1.29 is 9.21 Å². The van der Waals surface area contributed by atoms with Gasteiger partial charge in [-0.05, 0) is 36.3 Å². The van der Waals surface area contributed by atoms with E-state index in [9.17, 15) is 4.79 Å². The van der Waals surface area contributed by atoms with Gasteiger partial charge < -0.3 is 9.73 Å². The van der Waals surface area contributed by atoms with Gasteiger partial charge in [0.25, 0.3) is 0 Å². The van der Waals surface area contributed by atoms with Crippen LogP contribution in [0.5, 0.6) is 0 Å². The van der Waals surface area contributed by atoms with Crippen LogP contribution in [0.3, 0.4) is 0 Å². The van der Waals surface area contributed by atoms with Crippen molar-refractivity contribution in [3.63, 3.8) is 0 Å². The van der Waals surface area contributed by atoms with Crippen LogP contribution < -0.4 is 5.32 Å². The van der Waals surface area contributed by atoms with E-state index in [2.05, 4.69) is 5.32 Å². The zero-order chi connectivity index (χ0) is 15.4. The zero-order valence-corrected chi connectivity index (χ0v) is 12.4. The molecule has 0 bridgehead atoms. The molecule has 3 rings (SSSR count). The summed E-state index contributed by atoms with van der Waals surface area (Å²) in [6.45, 7) is 2.54. The maximum absolute atomic E-state index is 11.8. The van der Waals surface area contributed by atoms with Crippen molar-refractivity contribution in [3.05, 3.63) is 77.6 Å². The molecular formula is C19H17NO2. The number of aryl methyl sites for hydroxylation is 1. The van der Waals surface area contributed by atoms with Crippen LogP contribution >= 0.6 is 0 Å². The summed E-state index contributed by atoms with van der Waals surface area (Å²) in [7, 11) is 0. The molecular weight excluding hydrogens is 274 g/mol. The highest BCUT2D eigenvalue weighted by atomic mass is 16.3. The highest BCUT2D eigenvalue weighted by Crippen LogP contribution is 2.21. The van der Waals surface area contributed by atoms with Crippen LogP contribution in [0.4, 0.5) is 0 Å². The third-order valence-corrected chi connectivity index (χ3v) is 3.40. The van der Waals surface area contributed by atoms with Gasteiger partial charge in [-0.2, -0.15) is 0 Å². The van der Waals surface area contributed by atoms with Crippen LogP contribution in [0.1, 0.15) is 16.9 Å². The summed E-state index contributed by atoms with van der Waals surface area (Å²) in [5.41, 5.74) is 3.06. The number of benzene rings is 2. The molecule has 1 heterocycles. The molecule has 1 amide bonds. The molecule has 0 spiro atoms. The summed E-state index contributed by atoms with van der Waals surface area (Å²) >= 11 is 0. The predicted molar refractivity (Wildman–Crippen MR) is 88.3 cm³/mol. The number of hydrogen-bond acceptors (Lipinski definition) is 2. The third kappa shape index (κ3) is 3.44. The predicted octanol–water partition coefficient (Wildman–Crippen LogP) is 4.07. The van der Waals surface area contributed by atoms with Gasteiger partial charge in [-0.1, -0.05) is 42.5 Å². The lowest BCUT2D eigenvalue weighted by atomic mass is 10.2. The molecule has 22 heavy (non-hydrogen) atoms. The summed E-state index contributed by atoms with van der Waals surface area (Å²) in [6, 6.07) is 17.8. The van der Waals surface area contributed by atoms with Crippen molar-refractivity contribution in [1.29, 1.82) is 0 Å². The summed E-state index contributed by atoms with van der Waals surface area (Å²) in [6.07, 6.45) is 3.18. The van der Waals surface area contributed by atoms with Crippen LogP contribution in [0, 0.1) is 6.92 Å². The Kier molecular flexibility index (Phi) is 4.05. The summed E-state index contributed by atoms with van der Waals surface area (Å²) in [4.78, 5) is 11.8. The first-order valence-corrected chi connectivity index (χ1v) is 7.21. The minimum Gasteiger partial charge on any atom is -0.457 e. The molecule has 110 valence electrons. The Morgan fingerprint density at radius 2 is 1.95 bits per heavy atom. The van der Waals surface area contributed by atoms with E-state index >= 15 is 0 Å². The van der Waals surface area contributed by atoms with Gasteiger partial charge in [0.15, 0.2) is 0 Å². The molecule has 0 saturated heterocycles. The Morgan fingerprint density at radius 1 is 1.14 bits per heavy atom. The fraction of sp³-hybridized carbons (Fsp3) is 0.105. The van der Waals surface area contributed by atoms with Crippen molar-refractivity contribution in [2.75, 3.05) is 0 Å². The monoisotopic (exact) mass is 291 g/mol. The summed E-state index contributed by atoms with van der Waals surface area (Å²) in [5.74, 6) is 0.538. The van der Waals surface area contributed by atoms with E-state index in [4.69, 9.17) is 4.42 Å². The molecule has 0 atom stereocenters. The van der Waals surface area contributed by atoms with Crippen LogP contribution in [0.2, 0.25) is 0 Å². The Bertz CT molecular complexity index is 816. The van der Waals surface area contributed by atoms with Gasteiger partial charge in [-0.15, -0.1) is 0 Å². The maximum atomic E-state index is 11.8. The Balaban J connectivity index is 1.63. The zero-order valence-electron chi connectivity index (χ0n) is 12.4. The highest BCUT2D eigenvalue weighted by Gasteiger charge is 2.02. The normalized spacial score (nSPS) is 11.1. The highest BCUT2D eigenvalue weighted by molar-refractivity contribution is 5.92. The number of nitrogens with one attached hydrogen (secondary N) is 1. The van der Waals surface area contributed by atoms with Crippen LogP contribution in [-0.2, 0) is 11.3 Å². The molecule has 0 aliphatic heterocycles. The molecule has 0 unspecified atom stereocenters. The van der Waals surface area contributed by atoms with Gasteiger partial charge >= 0.3 is 0 Å². The second-order valence-electron chi connectivity index (χ2n) is 5.23. The average molecular weight is 291 g/mol. The second kappa shape index (κ2) is 6.31. The van der Waals surface area contributed by atoms with Crippen molar-refractivity contribution >= 4 is 23.0 Å². The number of hydrogen-bond donors (Lipinski definition) is 1. The second-order valence-corrected chi connectivity index (χ2v) is 5.23. The smallest absolute Gasteiger partial charge is 0.244 e. The van der Waals surface area contributed by atoms with Crippen molar-refractivity contribution in [2.24, 2.45) is 0 Å². The SMILES string of the molecule is Cc1ccc2cc(/C=C/C(=O)NCc3ccccc3)oc2c1. The van der Waals surface area contributed by atoms with Gasteiger partial charge in [-0.25, -0.2) is 0 Å². The number of carbonyl (C=O) groups excluding carboxylic acids is 1. The molecule has 2 aromatic carbocycles. The van der Waals surface area contributed by atoms with Crippen LogP contribution in [-0.4, -0.2) is 5.91 Å². The van der Waals surface area contributed by atoms with Crippen molar-refractivity contribution in [3.8, 4) is 0 Å². The molecule has 0 saturated carbocycles. The lowest BCUT2D eigenvalue weighted by Crippen LogP contribution is -2.20. The van der Waals surface area contributed by atoms with Crippen molar-refractivity contribution in [1.82, 2.24) is 5.32 Å². The fourth-order valence-corrected chi connectivity index (χ4v) is 2.24. The lowest BCUT2D eigenvalue weighted by molar-refractivity contribution is -0.116. The number of amides is 1. The number of fused-ring (bicyclic) bond motifs is 1. The number of rotatable bonds is 4. The first kappa shape index (κ1) is 14.1. The van der Waals surface area contributed by atoms with E-state index in [-0.39, 0.29) is 5.91 Å². The fourth-order valence-electron chi connectivity index (χ4n) is 2.24. The molecule has 0 radical (unpaired) electrons. The van der Waals surface area contributed by atoms with Crippen LogP contribution in [0.25, 0.3) is 17.0 Å². The topological polar surface area (TPSA) is 42.2 Å². The first-order chi connectivity index (χ1) is 10.7. The van der Waals surface area contributed by atoms with E-state index in [1.54, 1.807) is 6.08 Å². The molecule has 0 aliphatic rings. The Hall–Kier alpha value is -2.81. The quantitative estimate of drug-likeness (QED) is 0.736. The summed E-state index contributed by atoms with van der Waals surface area (Å²) < 4.78 is 5.70. The molecule has 1 aromatic heterocycles. The van der Waals surface area contributed by atoms with Gasteiger partial charge in [-0.3, -0.25) is 4.79 Å². The maximum Gasteiger partial charge on any atom is 0.244 e. The third-order valence-electron chi connectivity index (χ3n) is 3.40. The summed E-state index contributed by atoms with van der Waals surface area (Å²) in [5, 5.41) is 3.88.